The molecule has 4 heterocycles. The van der Waals surface area contributed by atoms with Crippen LogP contribution in [-0.2, 0) is 32.7 Å². The summed E-state index contributed by atoms with van der Waals surface area (Å²) in [6, 6.07) is 0. The number of methoxy groups -OCH3 is 1. The number of aromatic nitrogens is 2. The molecule has 4 rings (SSSR count). The Bertz CT molecular complexity index is 760. The molecule has 2 unspecified atom stereocenters. The Labute approximate surface area is 152 Å². The Morgan fingerprint density at radius 1 is 1.54 bits per heavy atom. The molecule has 26 heavy (non-hydrogen) atoms. The molecule has 3 aliphatic rings. The van der Waals surface area contributed by atoms with Gasteiger partial charge < -0.3 is 19.3 Å². The second-order valence-electron chi connectivity index (χ2n) is 7.37. The Hall–Kier alpha value is -2.19. The maximum Gasteiger partial charge on any atom is 0.230 e. The molecule has 1 aromatic rings. The molecular weight excluding hydrogens is 336 g/mol. The lowest BCUT2D eigenvalue weighted by molar-refractivity contribution is -0.142. The van der Waals surface area contributed by atoms with Gasteiger partial charge in [-0.1, -0.05) is 12.2 Å². The summed E-state index contributed by atoms with van der Waals surface area (Å²) in [5.74, 6) is -0.987. The van der Waals surface area contributed by atoms with Crippen LogP contribution < -0.4 is 0 Å². The normalized spacial score (nSPS) is 31.7. The molecule has 0 aromatic carbocycles. The molecule has 140 valence electrons. The number of carbonyl (C=O) groups is 2. The van der Waals surface area contributed by atoms with Gasteiger partial charge in [0.1, 0.15) is 5.60 Å². The monoisotopic (exact) mass is 360 g/mol. The van der Waals surface area contributed by atoms with Gasteiger partial charge in [0, 0.05) is 46.1 Å². The highest BCUT2D eigenvalue weighted by Gasteiger charge is 2.66. The van der Waals surface area contributed by atoms with E-state index in [-0.39, 0.29) is 17.9 Å². The van der Waals surface area contributed by atoms with Crippen molar-refractivity contribution in [3.05, 3.63) is 30.1 Å². The highest BCUT2D eigenvalue weighted by atomic mass is 16.5. The first-order chi connectivity index (χ1) is 12.4. The van der Waals surface area contributed by atoms with E-state index in [2.05, 4.69) is 5.10 Å². The predicted molar refractivity (Wildman–Crippen MR) is 91.9 cm³/mol. The minimum Gasteiger partial charge on any atom is -0.383 e. The third-order valence-electron chi connectivity index (χ3n) is 5.58. The number of amides is 2. The van der Waals surface area contributed by atoms with Gasteiger partial charge in [-0.3, -0.25) is 14.3 Å². The fraction of sp³-hybridized carbons (Fsp3) is 0.611. The van der Waals surface area contributed by atoms with E-state index >= 15 is 0 Å². The van der Waals surface area contributed by atoms with Crippen LogP contribution in [0.2, 0.25) is 0 Å². The summed E-state index contributed by atoms with van der Waals surface area (Å²) in [4.78, 5) is 29.5. The van der Waals surface area contributed by atoms with Crippen molar-refractivity contribution in [2.75, 3.05) is 33.9 Å². The van der Waals surface area contributed by atoms with Crippen molar-refractivity contribution in [1.29, 1.82) is 0 Å². The van der Waals surface area contributed by atoms with E-state index < -0.39 is 17.4 Å². The molecule has 0 radical (unpaired) electrons. The van der Waals surface area contributed by atoms with Gasteiger partial charge in [0.2, 0.25) is 11.8 Å². The molecule has 8 heteroatoms. The van der Waals surface area contributed by atoms with Crippen molar-refractivity contribution in [1.82, 2.24) is 19.6 Å². The smallest absolute Gasteiger partial charge is 0.230 e. The van der Waals surface area contributed by atoms with Crippen molar-refractivity contribution < 1.29 is 19.1 Å². The summed E-state index contributed by atoms with van der Waals surface area (Å²) in [5, 5.41) is 4.14. The summed E-state index contributed by atoms with van der Waals surface area (Å²) >= 11 is 0. The first-order valence-electron chi connectivity index (χ1n) is 8.82. The first kappa shape index (κ1) is 17.2. The van der Waals surface area contributed by atoms with Crippen LogP contribution in [0.1, 0.15) is 5.56 Å². The maximum absolute atomic E-state index is 13.1. The minimum atomic E-state index is -0.662. The molecule has 1 aromatic heterocycles. The number of fused-ring (bicyclic) bond motifs is 1. The number of rotatable bonds is 6. The largest absolute Gasteiger partial charge is 0.383 e. The molecule has 2 bridgehead atoms. The fourth-order valence-corrected chi connectivity index (χ4v) is 4.41. The van der Waals surface area contributed by atoms with Crippen molar-refractivity contribution in [3.8, 4) is 0 Å². The van der Waals surface area contributed by atoms with Crippen LogP contribution in [0.15, 0.2) is 24.5 Å². The Kier molecular flexibility index (Phi) is 4.11. The average Bonchev–Trinajstić information content (AvgIpc) is 3.34. The van der Waals surface area contributed by atoms with Crippen molar-refractivity contribution in [2.45, 2.75) is 18.2 Å². The first-order valence-corrected chi connectivity index (χ1v) is 8.82. The van der Waals surface area contributed by atoms with Crippen LogP contribution >= 0.6 is 0 Å². The number of aryl methyl sites for hydroxylation is 1. The van der Waals surface area contributed by atoms with Crippen LogP contribution in [0, 0.1) is 11.8 Å². The second-order valence-corrected chi connectivity index (χ2v) is 7.37. The average molecular weight is 360 g/mol. The molecule has 1 spiro atoms. The summed E-state index contributed by atoms with van der Waals surface area (Å²) in [7, 11) is 5.22. The standard InChI is InChI=1S/C18H24N4O4/c1-20(9-12-8-19-21(2)10-12)16(23)14-13-4-5-18(26-13)11-22(6-7-25-3)17(24)15(14)18/h4-5,8,10,13-15H,6-7,9,11H2,1-3H3/t13-,14?,15?,18-/m1/s1. The predicted octanol–water partition coefficient (Wildman–Crippen LogP) is -0.193. The molecule has 0 saturated carbocycles. The molecule has 0 N–H and O–H groups in total. The molecular formula is C18H24N4O4. The lowest BCUT2D eigenvalue weighted by atomic mass is 9.76. The van der Waals surface area contributed by atoms with E-state index in [0.717, 1.165) is 5.56 Å². The zero-order valence-electron chi connectivity index (χ0n) is 15.3. The van der Waals surface area contributed by atoms with Crippen LogP contribution in [0.5, 0.6) is 0 Å². The fourth-order valence-electron chi connectivity index (χ4n) is 4.41. The third kappa shape index (κ3) is 2.55. The quantitative estimate of drug-likeness (QED) is 0.657. The van der Waals surface area contributed by atoms with Crippen LogP contribution in [0.4, 0.5) is 0 Å². The summed E-state index contributed by atoms with van der Waals surface area (Å²) in [6.07, 6.45) is 7.21. The van der Waals surface area contributed by atoms with Gasteiger partial charge in [0.15, 0.2) is 0 Å². The zero-order chi connectivity index (χ0) is 18.5. The van der Waals surface area contributed by atoms with Crippen molar-refractivity contribution in [3.63, 3.8) is 0 Å². The number of carbonyl (C=O) groups excluding carboxylic acids is 2. The Morgan fingerprint density at radius 2 is 2.35 bits per heavy atom. The van der Waals surface area contributed by atoms with Gasteiger partial charge in [-0.15, -0.1) is 0 Å². The lowest BCUT2D eigenvalue weighted by Crippen LogP contribution is -2.44. The van der Waals surface area contributed by atoms with Crippen LogP contribution in [-0.4, -0.2) is 77.0 Å². The number of ether oxygens (including phenoxy) is 2. The maximum atomic E-state index is 13.1. The SMILES string of the molecule is COCCN1C[C@@]23C=C[C@@H](O2)C(C(=O)N(C)Cc2cnn(C)c2)C3C1=O. The van der Waals surface area contributed by atoms with Gasteiger partial charge in [-0.25, -0.2) is 0 Å². The third-order valence-corrected chi connectivity index (χ3v) is 5.58. The molecule has 0 aliphatic carbocycles. The van der Waals surface area contributed by atoms with E-state index in [0.29, 0.717) is 26.2 Å². The number of hydrogen-bond donors (Lipinski definition) is 0. The lowest BCUT2D eigenvalue weighted by Gasteiger charge is -2.27. The molecule has 3 aliphatic heterocycles. The minimum absolute atomic E-state index is 0.0120. The van der Waals surface area contributed by atoms with E-state index in [1.54, 1.807) is 34.8 Å². The van der Waals surface area contributed by atoms with Gasteiger partial charge in [0.05, 0.1) is 37.3 Å². The van der Waals surface area contributed by atoms with Crippen LogP contribution in [0.25, 0.3) is 0 Å². The van der Waals surface area contributed by atoms with Gasteiger partial charge >= 0.3 is 0 Å². The van der Waals surface area contributed by atoms with Crippen molar-refractivity contribution >= 4 is 11.8 Å². The van der Waals surface area contributed by atoms with E-state index in [1.807, 2.05) is 25.4 Å². The molecule has 2 saturated heterocycles. The molecule has 2 fully saturated rings. The summed E-state index contributed by atoms with van der Waals surface area (Å²) < 4.78 is 12.9. The number of hydrogen-bond acceptors (Lipinski definition) is 5. The second kappa shape index (κ2) is 6.21. The Morgan fingerprint density at radius 3 is 3.04 bits per heavy atom. The number of nitrogens with zero attached hydrogens (tertiary/aromatic N) is 4. The molecule has 4 atom stereocenters. The van der Waals surface area contributed by atoms with Crippen molar-refractivity contribution in [2.24, 2.45) is 18.9 Å². The topological polar surface area (TPSA) is 76.9 Å². The van der Waals surface area contributed by atoms with Crippen LogP contribution in [0.3, 0.4) is 0 Å². The summed E-state index contributed by atoms with van der Waals surface area (Å²) in [6.45, 7) is 1.94. The van der Waals surface area contributed by atoms with Gasteiger partial charge in [0.25, 0.3) is 0 Å². The summed E-state index contributed by atoms with van der Waals surface area (Å²) in [5.41, 5.74) is 0.294. The highest BCUT2D eigenvalue weighted by Crippen LogP contribution is 2.52. The highest BCUT2D eigenvalue weighted by molar-refractivity contribution is 5.93. The molecule has 8 nitrogen and oxygen atoms in total. The number of likely N-dealkylation sites (tertiary alicyclic amines) is 1. The van der Waals surface area contributed by atoms with Gasteiger partial charge in [-0.2, -0.15) is 5.10 Å². The van der Waals surface area contributed by atoms with E-state index in [9.17, 15) is 9.59 Å². The molecule has 2 amide bonds. The van der Waals surface area contributed by atoms with Gasteiger partial charge in [-0.05, 0) is 0 Å². The zero-order valence-corrected chi connectivity index (χ0v) is 15.3. The Balaban J connectivity index is 1.52. The van der Waals surface area contributed by atoms with E-state index in [1.165, 1.54) is 0 Å². The van der Waals surface area contributed by atoms with E-state index in [4.69, 9.17) is 9.47 Å².